The van der Waals surface area contributed by atoms with Gasteiger partial charge < -0.3 is 40.2 Å². The van der Waals surface area contributed by atoms with E-state index in [-0.39, 0.29) is 236 Å². The van der Waals surface area contributed by atoms with Crippen LogP contribution >= 0.6 is 0 Å². The van der Waals surface area contributed by atoms with Crippen LogP contribution in [-0.2, 0) is 0 Å². The molecule has 0 radical (unpaired) electrons. The Morgan fingerprint density at radius 2 is 0.341 bits per heavy atom. The topological polar surface area (TPSA) is 184 Å². The van der Waals surface area contributed by atoms with Crippen LogP contribution in [0.3, 0.4) is 0 Å². The summed E-state index contributed by atoms with van der Waals surface area (Å²) in [5.74, 6) is 0. The van der Waals surface area contributed by atoms with E-state index in [0.717, 1.165) is 0 Å². The van der Waals surface area contributed by atoms with Crippen LogP contribution in [-0.4, -0.2) is 28.5 Å². The maximum atomic E-state index is 10.2. The Hall–Kier alpha value is 4.82. The van der Waals surface area contributed by atoms with Crippen LogP contribution in [0.1, 0.15) is 0 Å². The average molecular weight is 664 g/mol. The molecule has 44 heavy (non-hydrogen) atoms. The molecule has 0 saturated carbocycles. The zero-order valence-corrected chi connectivity index (χ0v) is 43.1. The van der Waals surface area contributed by atoms with E-state index in [1.54, 1.807) is 72.8 Å². The van der Waals surface area contributed by atoms with E-state index in [1.165, 1.54) is 48.5 Å². The fourth-order valence-corrected chi connectivity index (χ4v) is 2.44. The van der Waals surface area contributed by atoms with Gasteiger partial charge in [0.05, 0.1) is 0 Å². The number of hydrogen-bond acceptors (Lipinski definition) is 8. The summed E-state index contributed by atoms with van der Waals surface area (Å²) in [6.07, 6.45) is 0. The molecule has 0 amide bonds. The third-order valence-electron chi connectivity index (χ3n) is 4.29. The van der Waals surface area contributed by atoms with Gasteiger partial charge in [0.1, 0.15) is 0 Å². The number of benzene rings is 4. The third-order valence-corrected chi connectivity index (χ3v) is 4.29. The Kier molecular flexibility index (Phi) is 67.0. The van der Waals surface area contributed by atoms with Gasteiger partial charge in [0.2, 0.25) is 0 Å². The summed E-state index contributed by atoms with van der Waals surface area (Å²) < 4.78 is 0. The predicted octanol–water partition coefficient (Wildman–Crippen LogP) is -31.6. The molecule has 0 bridgehead atoms. The summed E-state index contributed by atoms with van der Waals surface area (Å²) in [4.78, 5) is 0. The Labute approximate surface area is 439 Å². The Morgan fingerprint density at radius 1 is 0.227 bits per heavy atom. The van der Waals surface area contributed by atoms with E-state index in [1.807, 2.05) is 0 Å². The molecule has 0 aliphatic heterocycles. The minimum Gasteiger partial charge on any atom is -0.889 e. The van der Waals surface area contributed by atoms with Gasteiger partial charge in [-0.05, 0) is 0 Å². The third kappa shape index (κ3) is 35.2. The van der Waals surface area contributed by atoms with Crippen molar-refractivity contribution < 1.29 is 277 Å². The number of rotatable bonds is 4. The molecule has 4 rings (SSSR count). The molecule has 184 valence electrons. The van der Waals surface area contributed by atoms with Gasteiger partial charge in [-0.3, -0.25) is 0 Å². The number of hydrogen-bond donors (Lipinski definition) is 0. The van der Waals surface area contributed by atoms with Crippen LogP contribution in [0.5, 0.6) is 0 Å². The summed E-state index contributed by atoms with van der Waals surface area (Å²) in [5.41, 5.74) is 1.21. The molecule has 0 aliphatic rings. The van der Waals surface area contributed by atoms with Crippen LogP contribution in [0.15, 0.2) is 121 Å². The van der Waals surface area contributed by atoms with Gasteiger partial charge in [-0.15, -0.1) is 21.9 Å². The van der Waals surface area contributed by atoms with Crippen LogP contribution in [0, 0.1) is 0 Å². The van der Waals surface area contributed by atoms with Crippen LogP contribution in [0.2, 0.25) is 0 Å². The minimum atomic E-state index is -1.84. The second-order valence-corrected chi connectivity index (χ2v) is 6.97. The van der Waals surface area contributed by atoms with E-state index >= 15 is 0 Å². The minimum absolute atomic E-state index is 0. The summed E-state index contributed by atoms with van der Waals surface area (Å²) in [6.45, 7) is 0. The van der Waals surface area contributed by atoms with Crippen molar-refractivity contribution in [3.8, 4) is 0 Å². The molecule has 20 heteroatoms. The molecule has 0 saturated heterocycles. The molecule has 0 aromatic heterocycles. The monoisotopic (exact) mass is 664 g/mol. The van der Waals surface area contributed by atoms with E-state index in [2.05, 4.69) is 0 Å². The van der Waals surface area contributed by atoms with E-state index < -0.39 is 28.5 Å². The SMILES string of the molecule is [Na+].[Na+].[Na+].[Na+].[Na+].[Na+].[Na+].[Na+].[O-]B([O-])c1ccccc1.[O-]B([O-])c1ccccc1.[O-]B([O-])c1ccccc1.[O-]B([O-])c1ccccc1. The van der Waals surface area contributed by atoms with Crippen molar-refractivity contribution in [3.63, 3.8) is 0 Å². The zero-order valence-electron chi connectivity index (χ0n) is 27.1. The maximum absolute atomic E-state index is 10.2. The van der Waals surface area contributed by atoms with Crippen molar-refractivity contribution in [3.05, 3.63) is 121 Å². The maximum Gasteiger partial charge on any atom is 1.00 e. The quantitative estimate of drug-likeness (QED) is 0.193. The van der Waals surface area contributed by atoms with Gasteiger partial charge in [0, 0.05) is 0 Å². The molecule has 0 aliphatic carbocycles. The molecule has 0 atom stereocenters. The van der Waals surface area contributed by atoms with Gasteiger partial charge in [-0.2, -0.15) is 0 Å². The molecule has 0 unspecified atom stereocenters. The second kappa shape index (κ2) is 44.0. The van der Waals surface area contributed by atoms with Crippen molar-refractivity contribution in [2.45, 2.75) is 0 Å². The smallest absolute Gasteiger partial charge is 0.889 e. The van der Waals surface area contributed by atoms with E-state index in [9.17, 15) is 40.2 Å². The summed E-state index contributed by atoms with van der Waals surface area (Å²) in [6, 6.07) is 32.8. The van der Waals surface area contributed by atoms with Gasteiger partial charge in [0.15, 0.2) is 0 Å². The molecule has 0 fully saturated rings. The predicted molar refractivity (Wildman–Crippen MR) is 127 cm³/mol. The van der Waals surface area contributed by atoms with Gasteiger partial charge in [0.25, 0.3) is 0 Å². The molecule has 0 spiro atoms. The first-order valence-corrected chi connectivity index (χ1v) is 10.7. The van der Waals surface area contributed by atoms with Crippen molar-refractivity contribution in [2.75, 3.05) is 0 Å². The standard InChI is InChI=1S/4C6H5BO2.8Na/c4*8-7(9)6-4-2-1-3-5-6;;;;;;;;/h4*1-5H;;;;;;;;/q4*-2;8*+1. The molecule has 4 aromatic carbocycles. The van der Waals surface area contributed by atoms with Crippen molar-refractivity contribution >= 4 is 50.3 Å². The van der Waals surface area contributed by atoms with Crippen LogP contribution in [0.4, 0.5) is 0 Å². The fourth-order valence-electron chi connectivity index (χ4n) is 2.44. The zero-order chi connectivity index (χ0) is 26.8. The Bertz CT molecular complexity index is 899. The molecular weight excluding hydrogens is 643 g/mol. The first-order chi connectivity index (χ1) is 17.2. The molecule has 0 heterocycles. The van der Waals surface area contributed by atoms with E-state index in [4.69, 9.17) is 0 Å². The van der Waals surface area contributed by atoms with Crippen molar-refractivity contribution in [1.82, 2.24) is 0 Å². The molecular formula is C24H20B4Na8O8. The van der Waals surface area contributed by atoms with Gasteiger partial charge in [-0.25, -0.2) is 0 Å². The van der Waals surface area contributed by atoms with Gasteiger partial charge >= 0.3 is 236 Å². The summed E-state index contributed by atoms with van der Waals surface area (Å²) in [5, 5.41) is 81.4. The second-order valence-electron chi connectivity index (χ2n) is 6.97. The average Bonchev–Trinajstić information content (AvgIpc) is 2.92. The normalized spacial score (nSPS) is 7.45. The largest absolute Gasteiger partial charge is 1.00 e. The summed E-state index contributed by atoms with van der Waals surface area (Å²) in [7, 11) is -7.37. The van der Waals surface area contributed by atoms with Crippen molar-refractivity contribution in [2.24, 2.45) is 0 Å². The van der Waals surface area contributed by atoms with Crippen molar-refractivity contribution in [1.29, 1.82) is 0 Å². The van der Waals surface area contributed by atoms with Gasteiger partial charge in [-0.1, -0.05) is 150 Å². The Morgan fingerprint density at radius 3 is 0.409 bits per heavy atom. The summed E-state index contributed by atoms with van der Waals surface area (Å²) >= 11 is 0. The van der Waals surface area contributed by atoms with Crippen LogP contribution < -0.4 is 299 Å². The fraction of sp³-hybridized carbons (Fsp3) is 0. The van der Waals surface area contributed by atoms with Crippen LogP contribution in [0.25, 0.3) is 0 Å². The molecule has 8 nitrogen and oxygen atoms in total. The molecule has 4 aromatic rings. The molecule has 0 N–H and O–H groups in total. The first kappa shape index (κ1) is 67.0. The Balaban J connectivity index is -0.0000000617. The first-order valence-electron chi connectivity index (χ1n) is 10.7. The van der Waals surface area contributed by atoms with E-state index in [0.29, 0.717) is 21.9 Å².